The summed E-state index contributed by atoms with van der Waals surface area (Å²) < 4.78 is 0.773. The fraction of sp³-hybridized carbons (Fsp3) is 0.700. The van der Waals surface area contributed by atoms with Gasteiger partial charge in [0.05, 0.1) is 6.54 Å². The smallest absolute Gasteiger partial charge is 0.315 e. The van der Waals surface area contributed by atoms with E-state index in [1.165, 1.54) is 0 Å². The van der Waals surface area contributed by atoms with Gasteiger partial charge in [0, 0.05) is 11.0 Å². The predicted octanol–water partition coefficient (Wildman–Crippen LogP) is 2.63. The molecule has 0 aromatic carbocycles. The van der Waals surface area contributed by atoms with Gasteiger partial charge in [-0.1, -0.05) is 36.4 Å². The number of carbonyl (C=O) groups excluding carboxylic acids is 1. The third-order valence-corrected chi connectivity index (χ3v) is 1.96. The van der Waals surface area contributed by atoms with Crippen LogP contribution in [0.5, 0.6) is 0 Å². The van der Waals surface area contributed by atoms with Crippen LogP contribution < -0.4 is 10.6 Å². The fourth-order valence-corrected chi connectivity index (χ4v) is 1.09. The summed E-state index contributed by atoms with van der Waals surface area (Å²) in [7, 11) is 0. The van der Waals surface area contributed by atoms with Crippen molar-refractivity contribution in [2.75, 3.05) is 13.1 Å². The number of carbonyl (C=O) groups is 1. The highest BCUT2D eigenvalue weighted by Gasteiger charge is 1.99. The molecule has 82 valence electrons. The molecule has 0 radical (unpaired) electrons. The summed E-state index contributed by atoms with van der Waals surface area (Å²) >= 11 is 3.17. The maximum absolute atomic E-state index is 11.1. The monoisotopic (exact) mass is 262 g/mol. The van der Waals surface area contributed by atoms with Crippen molar-refractivity contribution in [1.82, 2.24) is 10.6 Å². The van der Waals surface area contributed by atoms with Crippen LogP contribution >= 0.6 is 15.9 Å². The number of nitrogens with one attached hydrogen (secondary N) is 2. The average Bonchev–Trinajstić information content (AvgIpc) is 2.08. The van der Waals surface area contributed by atoms with Crippen molar-refractivity contribution in [2.45, 2.75) is 26.7 Å². The highest BCUT2D eigenvalue weighted by atomic mass is 79.9. The molecule has 0 aliphatic rings. The lowest BCUT2D eigenvalue weighted by atomic mass is 10.1. The molecule has 0 aromatic rings. The van der Waals surface area contributed by atoms with Gasteiger partial charge in [0.2, 0.25) is 0 Å². The Labute approximate surface area is 94.5 Å². The molecule has 4 heteroatoms. The molecule has 0 saturated carbocycles. The van der Waals surface area contributed by atoms with Gasteiger partial charge in [0.15, 0.2) is 0 Å². The largest absolute Gasteiger partial charge is 0.338 e. The Balaban J connectivity index is 3.31. The number of urea groups is 1. The first-order valence-electron chi connectivity index (χ1n) is 4.87. The highest BCUT2D eigenvalue weighted by molar-refractivity contribution is 9.11. The molecule has 0 rings (SSSR count). The Bertz CT molecular complexity index is 193. The van der Waals surface area contributed by atoms with Crippen LogP contribution in [0.1, 0.15) is 26.7 Å². The van der Waals surface area contributed by atoms with E-state index in [-0.39, 0.29) is 6.03 Å². The molecule has 0 bridgehead atoms. The Morgan fingerprint density at radius 1 is 1.43 bits per heavy atom. The summed E-state index contributed by atoms with van der Waals surface area (Å²) in [5.41, 5.74) is 0. The minimum absolute atomic E-state index is 0.130. The van der Waals surface area contributed by atoms with E-state index < -0.39 is 0 Å². The lowest BCUT2D eigenvalue weighted by Gasteiger charge is -2.07. The second-order valence-electron chi connectivity index (χ2n) is 3.66. The SMILES string of the molecule is C=C(Br)CNC(=O)NCCCC(C)C. The molecule has 3 nitrogen and oxygen atoms in total. The van der Waals surface area contributed by atoms with Gasteiger partial charge in [-0.25, -0.2) is 4.79 Å². The van der Waals surface area contributed by atoms with Gasteiger partial charge in [-0.15, -0.1) is 0 Å². The van der Waals surface area contributed by atoms with Crippen molar-refractivity contribution in [3.05, 3.63) is 11.1 Å². The first kappa shape index (κ1) is 13.5. The quantitative estimate of drug-likeness (QED) is 0.711. The van der Waals surface area contributed by atoms with Crippen LogP contribution in [0.3, 0.4) is 0 Å². The molecule has 0 aliphatic carbocycles. The van der Waals surface area contributed by atoms with Gasteiger partial charge in [0.1, 0.15) is 0 Å². The second kappa shape index (κ2) is 7.85. The highest BCUT2D eigenvalue weighted by Crippen LogP contribution is 2.01. The van der Waals surface area contributed by atoms with Crippen molar-refractivity contribution in [3.63, 3.8) is 0 Å². The van der Waals surface area contributed by atoms with Crippen molar-refractivity contribution in [1.29, 1.82) is 0 Å². The van der Waals surface area contributed by atoms with E-state index in [4.69, 9.17) is 0 Å². The summed E-state index contributed by atoms with van der Waals surface area (Å²) in [5.74, 6) is 0.696. The lowest BCUT2D eigenvalue weighted by Crippen LogP contribution is -2.36. The molecule has 0 heterocycles. The third kappa shape index (κ3) is 9.58. The summed E-state index contributed by atoms with van der Waals surface area (Å²) in [5, 5.41) is 5.46. The van der Waals surface area contributed by atoms with Crippen LogP contribution in [0.2, 0.25) is 0 Å². The minimum Gasteiger partial charge on any atom is -0.338 e. The molecule has 0 atom stereocenters. The molecule has 2 amide bonds. The van der Waals surface area contributed by atoms with E-state index in [2.05, 4.69) is 47.0 Å². The van der Waals surface area contributed by atoms with Crippen molar-refractivity contribution >= 4 is 22.0 Å². The Hall–Kier alpha value is -0.510. The zero-order chi connectivity index (χ0) is 11.0. The first-order valence-corrected chi connectivity index (χ1v) is 5.66. The number of amides is 2. The van der Waals surface area contributed by atoms with E-state index in [9.17, 15) is 4.79 Å². The van der Waals surface area contributed by atoms with Crippen molar-refractivity contribution in [3.8, 4) is 0 Å². The second-order valence-corrected chi connectivity index (χ2v) is 4.78. The number of hydrogen-bond donors (Lipinski definition) is 2. The molecule has 0 unspecified atom stereocenters. The maximum atomic E-state index is 11.1. The topological polar surface area (TPSA) is 41.1 Å². The lowest BCUT2D eigenvalue weighted by molar-refractivity contribution is 0.241. The van der Waals surface area contributed by atoms with Crippen LogP contribution in [0, 0.1) is 5.92 Å². The molecule has 0 fully saturated rings. The van der Waals surface area contributed by atoms with Crippen LogP contribution in [-0.4, -0.2) is 19.1 Å². The molecule has 0 spiro atoms. The third-order valence-electron chi connectivity index (χ3n) is 1.68. The predicted molar refractivity (Wildman–Crippen MR) is 63.5 cm³/mol. The summed E-state index contributed by atoms with van der Waals surface area (Å²) in [4.78, 5) is 11.1. The zero-order valence-electron chi connectivity index (χ0n) is 8.90. The molecule has 0 saturated heterocycles. The van der Waals surface area contributed by atoms with E-state index in [0.717, 1.165) is 23.9 Å². The Morgan fingerprint density at radius 2 is 2.07 bits per heavy atom. The van der Waals surface area contributed by atoms with Gasteiger partial charge >= 0.3 is 6.03 Å². The molecular weight excluding hydrogens is 244 g/mol. The standard InChI is InChI=1S/C10H19BrN2O/c1-8(2)5-4-6-12-10(14)13-7-9(3)11/h8H,3-7H2,1-2H3,(H2,12,13,14). The normalized spacial score (nSPS) is 10.0. The minimum atomic E-state index is -0.130. The van der Waals surface area contributed by atoms with Crippen LogP contribution in [0.15, 0.2) is 11.1 Å². The summed E-state index contributed by atoms with van der Waals surface area (Å²) in [6.45, 7) is 9.18. The van der Waals surface area contributed by atoms with Gasteiger partial charge in [0.25, 0.3) is 0 Å². The van der Waals surface area contributed by atoms with Crippen molar-refractivity contribution < 1.29 is 4.79 Å². The fourth-order valence-electron chi connectivity index (χ4n) is 0.951. The number of halogens is 1. The maximum Gasteiger partial charge on any atom is 0.315 e. The van der Waals surface area contributed by atoms with E-state index >= 15 is 0 Å². The first-order chi connectivity index (χ1) is 6.52. The zero-order valence-corrected chi connectivity index (χ0v) is 10.5. The molecular formula is C10H19BrN2O. The van der Waals surface area contributed by atoms with Crippen LogP contribution in [-0.2, 0) is 0 Å². The molecule has 0 aliphatic heterocycles. The van der Waals surface area contributed by atoms with E-state index in [1.54, 1.807) is 0 Å². The average molecular weight is 263 g/mol. The summed E-state index contributed by atoms with van der Waals surface area (Å²) in [6, 6.07) is -0.130. The van der Waals surface area contributed by atoms with Gasteiger partial charge in [-0.3, -0.25) is 0 Å². The van der Waals surface area contributed by atoms with E-state index in [1.807, 2.05) is 0 Å². The van der Waals surface area contributed by atoms with Crippen molar-refractivity contribution in [2.24, 2.45) is 5.92 Å². The molecule has 0 aromatic heterocycles. The van der Waals surface area contributed by atoms with Gasteiger partial charge in [-0.05, 0) is 18.8 Å². The number of rotatable bonds is 6. The van der Waals surface area contributed by atoms with Crippen LogP contribution in [0.4, 0.5) is 4.79 Å². The van der Waals surface area contributed by atoms with E-state index in [0.29, 0.717) is 12.5 Å². The molecule has 2 N–H and O–H groups in total. The number of hydrogen-bond acceptors (Lipinski definition) is 1. The van der Waals surface area contributed by atoms with Crippen LogP contribution in [0.25, 0.3) is 0 Å². The molecule has 14 heavy (non-hydrogen) atoms. The van der Waals surface area contributed by atoms with Gasteiger partial charge < -0.3 is 10.6 Å². The Kier molecular flexibility index (Phi) is 7.57. The summed E-state index contributed by atoms with van der Waals surface area (Å²) in [6.07, 6.45) is 2.17. The van der Waals surface area contributed by atoms with Gasteiger partial charge in [-0.2, -0.15) is 0 Å². The Morgan fingerprint density at radius 3 is 2.57 bits per heavy atom.